The third-order valence-corrected chi connectivity index (χ3v) is 3.20. The van der Waals surface area contributed by atoms with Crippen LogP contribution in [0.15, 0.2) is 24.3 Å². The van der Waals surface area contributed by atoms with E-state index in [1.165, 1.54) is 0 Å². The highest BCUT2D eigenvalue weighted by Crippen LogP contribution is 2.20. The topological polar surface area (TPSA) is 46.3 Å². The van der Waals surface area contributed by atoms with Crippen molar-refractivity contribution in [2.45, 2.75) is 40.0 Å². The fourth-order valence-corrected chi connectivity index (χ4v) is 2.02. The summed E-state index contributed by atoms with van der Waals surface area (Å²) in [7, 11) is 0. The van der Waals surface area contributed by atoms with Gasteiger partial charge in [-0.1, -0.05) is 26.7 Å². The Labute approximate surface area is 110 Å². The molecule has 0 fully saturated rings. The van der Waals surface area contributed by atoms with Crippen LogP contribution in [-0.2, 0) is 4.79 Å². The minimum absolute atomic E-state index is 0.0856. The van der Waals surface area contributed by atoms with Crippen LogP contribution in [0.5, 0.6) is 0 Å². The van der Waals surface area contributed by atoms with E-state index in [0.717, 1.165) is 30.6 Å². The van der Waals surface area contributed by atoms with E-state index in [2.05, 4.69) is 6.92 Å². The maximum absolute atomic E-state index is 12.4. The molecule has 1 unspecified atom stereocenters. The molecule has 3 nitrogen and oxygen atoms in total. The second-order valence-corrected chi connectivity index (χ2v) is 4.72. The van der Waals surface area contributed by atoms with Gasteiger partial charge in [0.2, 0.25) is 5.91 Å². The zero-order valence-electron chi connectivity index (χ0n) is 11.6. The van der Waals surface area contributed by atoms with Crippen LogP contribution in [0, 0.1) is 5.92 Å². The highest BCUT2D eigenvalue weighted by atomic mass is 16.2. The Kier molecular flexibility index (Phi) is 5.69. The Morgan fingerprint density at radius 3 is 2.39 bits per heavy atom. The number of anilines is 2. The molecule has 0 aliphatic rings. The fraction of sp³-hybridized carbons (Fsp3) is 0.533. The average molecular weight is 248 g/mol. The van der Waals surface area contributed by atoms with E-state index in [1.807, 2.05) is 43.0 Å². The number of amides is 1. The van der Waals surface area contributed by atoms with E-state index in [9.17, 15) is 4.79 Å². The number of carbonyl (C=O) groups excluding carboxylic acids is 1. The number of rotatable bonds is 6. The molecule has 0 bridgehead atoms. The Balaban J connectivity index is 2.76. The number of unbranched alkanes of at least 4 members (excludes halogenated alkanes) is 1. The number of hydrogen-bond acceptors (Lipinski definition) is 2. The average Bonchev–Trinajstić information content (AvgIpc) is 2.38. The van der Waals surface area contributed by atoms with Gasteiger partial charge in [-0.05, 0) is 37.6 Å². The van der Waals surface area contributed by atoms with Gasteiger partial charge in [0.25, 0.3) is 0 Å². The van der Waals surface area contributed by atoms with Crippen LogP contribution in [0.1, 0.15) is 40.0 Å². The van der Waals surface area contributed by atoms with Crippen LogP contribution in [0.2, 0.25) is 0 Å². The summed E-state index contributed by atoms with van der Waals surface area (Å²) in [4.78, 5) is 14.2. The van der Waals surface area contributed by atoms with Gasteiger partial charge < -0.3 is 10.6 Å². The first-order valence-corrected chi connectivity index (χ1v) is 6.77. The maximum Gasteiger partial charge on any atom is 0.229 e. The molecule has 1 amide bonds. The molecular formula is C15H24N2O. The molecule has 1 atom stereocenters. The summed E-state index contributed by atoms with van der Waals surface area (Å²) < 4.78 is 0. The second-order valence-electron chi connectivity index (χ2n) is 4.72. The van der Waals surface area contributed by atoms with Gasteiger partial charge in [0.15, 0.2) is 0 Å². The van der Waals surface area contributed by atoms with E-state index < -0.39 is 0 Å². The van der Waals surface area contributed by atoms with Gasteiger partial charge in [-0.15, -0.1) is 0 Å². The summed E-state index contributed by atoms with van der Waals surface area (Å²) in [6.07, 6.45) is 3.19. The number of benzene rings is 1. The standard InChI is InChI=1S/C15H24N2O/c1-4-6-7-12(3)15(18)17(5-2)14-10-8-13(16)9-11-14/h8-12H,4-7,16H2,1-3H3. The molecule has 1 rings (SSSR count). The molecule has 0 heterocycles. The zero-order valence-corrected chi connectivity index (χ0v) is 11.6. The van der Waals surface area contributed by atoms with Gasteiger partial charge in [0.1, 0.15) is 0 Å². The lowest BCUT2D eigenvalue weighted by atomic mass is 10.0. The molecule has 0 spiro atoms. The van der Waals surface area contributed by atoms with Crippen molar-refractivity contribution in [3.8, 4) is 0 Å². The van der Waals surface area contributed by atoms with E-state index in [0.29, 0.717) is 6.54 Å². The largest absolute Gasteiger partial charge is 0.399 e. The van der Waals surface area contributed by atoms with Crippen molar-refractivity contribution in [2.75, 3.05) is 17.2 Å². The van der Waals surface area contributed by atoms with Crippen molar-refractivity contribution in [2.24, 2.45) is 5.92 Å². The molecule has 0 aliphatic carbocycles. The van der Waals surface area contributed by atoms with Crippen molar-refractivity contribution in [3.63, 3.8) is 0 Å². The highest BCUT2D eigenvalue weighted by Gasteiger charge is 2.19. The first-order valence-electron chi connectivity index (χ1n) is 6.77. The van der Waals surface area contributed by atoms with Crippen LogP contribution < -0.4 is 10.6 Å². The van der Waals surface area contributed by atoms with Gasteiger partial charge in [-0.25, -0.2) is 0 Å². The minimum atomic E-state index is 0.0856. The number of nitrogen functional groups attached to an aromatic ring is 1. The van der Waals surface area contributed by atoms with Crippen molar-refractivity contribution in [3.05, 3.63) is 24.3 Å². The number of hydrogen-bond donors (Lipinski definition) is 1. The summed E-state index contributed by atoms with van der Waals surface area (Å²) in [5.41, 5.74) is 7.32. The molecule has 0 saturated carbocycles. The Morgan fingerprint density at radius 1 is 1.28 bits per heavy atom. The van der Waals surface area contributed by atoms with Gasteiger partial charge in [0.05, 0.1) is 0 Å². The molecule has 18 heavy (non-hydrogen) atoms. The third kappa shape index (κ3) is 3.76. The van der Waals surface area contributed by atoms with Crippen molar-refractivity contribution >= 4 is 17.3 Å². The molecule has 1 aromatic rings. The molecular weight excluding hydrogens is 224 g/mol. The highest BCUT2D eigenvalue weighted by molar-refractivity contribution is 5.94. The first-order chi connectivity index (χ1) is 8.60. The fourth-order valence-electron chi connectivity index (χ4n) is 2.02. The quantitative estimate of drug-likeness (QED) is 0.784. The molecule has 1 aromatic carbocycles. The molecule has 3 heteroatoms. The number of carbonyl (C=O) groups is 1. The van der Waals surface area contributed by atoms with E-state index in [4.69, 9.17) is 5.73 Å². The van der Waals surface area contributed by atoms with E-state index in [-0.39, 0.29) is 11.8 Å². The van der Waals surface area contributed by atoms with Crippen LogP contribution in [0.4, 0.5) is 11.4 Å². The molecule has 0 aliphatic heterocycles. The summed E-state index contributed by atoms with van der Waals surface area (Å²) in [5.74, 6) is 0.290. The Morgan fingerprint density at radius 2 is 1.89 bits per heavy atom. The normalized spacial score (nSPS) is 12.2. The lowest BCUT2D eigenvalue weighted by Crippen LogP contribution is -2.35. The van der Waals surface area contributed by atoms with Crippen LogP contribution >= 0.6 is 0 Å². The van der Waals surface area contributed by atoms with Gasteiger partial charge in [-0.3, -0.25) is 4.79 Å². The van der Waals surface area contributed by atoms with Crippen LogP contribution in [0.25, 0.3) is 0 Å². The Hall–Kier alpha value is -1.51. The first kappa shape index (κ1) is 14.6. The van der Waals surface area contributed by atoms with Crippen molar-refractivity contribution < 1.29 is 4.79 Å². The van der Waals surface area contributed by atoms with Crippen LogP contribution in [-0.4, -0.2) is 12.5 Å². The van der Waals surface area contributed by atoms with Crippen LogP contribution in [0.3, 0.4) is 0 Å². The second kappa shape index (κ2) is 7.04. The van der Waals surface area contributed by atoms with E-state index in [1.54, 1.807) is 0 Å². The molecule has 0 radical (unpaired) electrons. The molecule has 0 saturated heterocycles. The molecule has 2 N–H and O–H groups in total. The summed E-state index contributed by atoms with van der Waals surface area (Å²) in [6.45, 7) is 6.85. The van der Waals surface area contributed by atoms with Gasteiger partial charge in [0, 0.05) is 23.8 Å². The van der Waals surface area contributed by atoms with Crippen molar-refractivity contribution in [1.82, 2.24) is 0 Å². The van der Waals surface area contributed by atoms with Gasteiger partial charge >= 0.3 is 0 Å². The molecule has 0 aromatic heterocycles. The predicted molar refractivity (Wildman–Crippen MR) is 77.6 cm³/mol. The van der Waals surface area contributed by atoms with E-state index >= 15 is 0 Å². The monoisotopic (exact) mass is 248 g/mol. The predicted octanol–water partition coefficient (Wildman–Crippen LogP) is 3.45. The zero-order chi connectivity index (χ0) is 13.5. The lowest BCUT2D eigenvalue weighted by molar-refractivity contribution is -0.122. The maximum atomic E-state index is 12.4. The number of nitrogens with zero attached hydrogens (tertiary/aromatic N) is 1. The molecule has 100 valence electrons. The summed E-state index contributed by atoms with van der Waals surface area (Å²) >= 11 is 0. The Bertz CT molecular complexity index is 373. The lowest BCUT2D eigenvalue weighted by Gasteiger charge is -2.24. The third-order valence-electron chi connectivity index (χ3n) is 3.20. The SMILES string of the molecule is CCCCC(C)C(=O)N(CC)c1ccc(N)cc1. The number of nitrogens with two attached hydrogens (primary N) is 1. The van der Waals surface area contributed by atoms with Gasteiger partial charge in [-0.2, -0.15) is 0 Å². The smallest absolute Gasteiger partial charge is 0.229 e. The minimum Gasteiger partial charge on any atom is -0.399 e. The summed E-state index contributed by atoms with van der Waals surface area (Å²) in [5, 5.41) is 0. The summed E-state index contributed by atoms with van der Waals surface area (Å²) in [6, 6.07) is 7.48. The van der Waals surface area contributed by atoms with Crippen molar-refractivity contribution in [1.29, 1.82) is 0 Å².